The monoisotopic (exact) mass is 278 g/mol. The molecule has 19 heavy (non-hydrogen) atoms. The maximum Gasteiger partial charge on any atom is 0.128 e. The molecule has 0 amide bonds. The summed E-state index contributed by atoms with van der Waals surface area (Å²) in [5.41, 5.74) is 8.58. The SMILES string of the molecule is COc1cc(CN)cc(-c2cnn(CC#N)c2)c1.Cl. The second kappa shape index (κ2) is 6.78. The van der Waals surface area contributed by atoms with Crippen LogP contribution in [-0.4, -0.2) is 16.9 Å². The number of methoxy groups -OCH3 is 1. The summed E-state index contributed by atoms with van der Waals surface area (Å²) in [6, 6.07) is 7.88. The topological polar surface area (TPSA) is 76.9 Å². The number of aromatic nitrogens is 2. The van der Waals surface area contributed by atoms with E-state index in [1.807, 2.05) is 30.5 Å². The van der Waals surface area contributed by atoms with Crippen LogP contribution < -0.4 is 10.5 Å². The highest BCUT2D eigenvalue weighted by Crippen LogP contribution is 2.25. The van der Waals surface area contributed by atoms with Gasteiger partial charge in [-0.15, -0.1) is 12.4 Å². The molecule has 0 saturated carbocycles. The third kappa shape index (κ3) is 3.47. The van der Waals surface area contributed by atoms with Crippen molar-refractivity contribution in [1.29, 1.82) is 5.26 Å². The molecule has 1 heterocycles. The van der Waals surface area contributed by atoms with E-state index in [9.17, 15) is 0 Å². The van der Waals surface area contributed by atoms with Crippen molar-refractivity contribution in [3.8, 4) is 22.9 Å². The van der Waals surface area contributed by atoms with Crippen molar-refractivity contribution in [2.24, 2.45) is 5.73 Å². The minimum atomic E-state index is 0. The zero-order valence-electron chi connectivity index (χ0n) is 10.5. The lowest BCUT2D eigenvalue weighted by Crippen LogP contribution is -1.97. The van der Waals surface area contributed by atoms with Crippen LogP contribution >= 0.6 is 12.4 Å². The Labute approximate surface area is 118 Å². The standard InChI is InChI=1S/C13H14N4O.ClH/c1-18-13-5-10(7-15)4-11(6-13)12-8-16-17(9-12)3-2-14;/h4-6,8-9H,3,7,15H2,1H3;1H. The van der Waals surface area contributed by atoms with Gasteiger partial charge >= 0.3 is 0 Å². The van der Waals surface area contributed by atoms with Gasteiger partial charge in [0.15, 0.2) is 0 Å². The number of halogens is 1. The van der Waals surface area contributed by atoms with E-state index < -0.39 is 0 Å². The van der Waals surface area contributed by atoms with Crippen LogP contribution in [0.5, 0.6) is 5.75 Å². The number of hydrogen-bond acceptors (Lipinski definition) is 4. The van der Waals surface area contributed by atoms with Crippen LogP contribution in [0.25, 0.3) is 11.1 Å². The third-order valence-corrected chi connectivity index (χ3v) is 2.64. The van der Waals surface area contributed by atoms with Crippen LogP contribution in [0.3, 0.4) is 0 Å². The number of benzene rings is 1. The Bertz CT molecular complexity index is 566. The number of ether oxygens (including phenoxy) is 1. The number of nitrogens with two attached hydrogens (primary N) is 1. The molecular formula is C13H15ClN4O. The van der Waals surface area contributed by atoms with Crippen molar-refractivity contribution in [2.75, 3.05) is 7.11 Å². The van der Waals surface area contributed by atoms with E-state index in [4.69, 9.17) is 15.7 Å². The van der Waals surface area contributed by atoms with E-state index in [0.717, 1.165) is 22.4 Å². The highest BCUT2D eigenvalue weighted by Gasteiger charge is 2.05. The van der Waals surface area contributed by atoms with Gasteiger partial charge in [-0.05, 0) is 29.3 Å². The Morgan fingerprint density at radius 3 is 2.79 bits per heavy atom. The van der Waals surface area contributed by atoms with Gasteiger partial charge in [0, 0.05) is 18.3 Å². The van der Waals surface area contributed by atoms with Crippen molar-refractivity contribution in [2.45, 2.75) is 13.1 Å². The quantitative estimate of drug-likeness (QED) is 0.927. The van der Waals surface area contributed by atoms with Gasteiger partial charge in [-0.2, -0.15) is 10.4 Å². The Balaban J connectivity index is 0.00000180. The van der Waals surface area contributed by atoms with Crippen molar-refractivity contribution in [3.05, 3.63) is 36.2 Å². The lowest BCUT2D eigenvalue weighted by atomic mass is 10.1. The van der Waals surface area contributed by atoms with E-state index in [-0.39, 0.29) is 19.0 Å². The van der Waals surface area contributed by atoms with Gasteiger partial charge in [-0.3, -0.25) is 4.68 Å². The largest absolute Gasteiger partial charge is 0.497 e. The van der Waals surface area contributed by atoms with Gasteiger partial charge in [0.25, 0.3) is 0 Å². The molecular weight excluding hydrogens is 264 g/mol. The van der Waals surface area contributed by atoms with Gasteiger partial charge in [-0.1, -0.05) is 0 Å². The van der Waals surface area contributed by atoms with E-state index in [1.54, 1.807) is 18.0 Å². The second-order valence-corrected chi connectivity index (χ2v) is 3.86. The molecule has 5 nitrogen and oxygen atoms in total. The number of hydrogen-bond donors (Lipinski definition) is 1. The molecule has 0 aliphatic heterocycles. The zero-order valence-corrected chi connectivity index (χ0v) is 11.4. The predicted octanol–water partition coefficient (Wildman–Crippen LogP) is 1.96. The first-order valence-corrected chi connectivity index (χ1v) is 5.54. The van der Waals surface area contributed by atoms with E-state index in [1.165, 1.54) is 0 Å². The molecule has 0 spiro atoms. The van der Waals surface area contributed by atoms with Gasteiger partial charge in [-0.25, -0.2) is 0 Å². The van der Waals surface area contributed by atoms with Crippen LogP contribution in [0.15, 0.2) is 30.6 Å². The summed E-state index contributed by atoms with van der Waals surface area (Å²) in [5, 5.41) is 12.7. The molecule has 0 radical (unpaired) electrons. The van der Waals surface area contributed by atoms with Gasteiger partial charge < -0.3 is 10.5 Å². The Morgan fingerprint density at radius 2 is 2.16 bits per heavy atom. The number of nitrogens with zero attached hydrogens (tertiary/aromatic N) is 3. The van der Waals surface area contributed by atoms with Crippen LogP contribution in [0.4, 0.5) is 0 Å². The Kier molecular flexibility index (Phi) is 5.37. The van der Waals surface area contributed by atoms with Gasteiger partial charge in [0.2, 0.25) is 0 Å². The fourth-order valence-corrected chi connectivity index (χ4v) is 1.73. The Morgan fingerprint density at radius 1 is 1.37 bits per heavy atom. The molecule has 0 bridgehead atoms. The summed E-state index contributed by atoms with van der Waals surface area (Å²) >= 11 is 0. The molecule has 0 aliphatic carbocycles. The Hall–Kier alpha value is -2.03. The van der Waals surface area contributed by atoms with Gasteiger partial charge in [0.1, 0.15) is 12.3 Å². The first-order chi connectivity index (χ1) is 8.76. The average molecular weight is 279 g/mol. The van der Waals surface area contributed by atoms with Crippen molar-refractivity contribution in [1.82, 2.24) is 9.78 Å². The molecule has 6 heteroatoms. The summed E-state index contributed by atoms with van der Waals surface area (Å²) < 4.78 is 6.83. The zero-order chi connectivity index (χ0) is 13.0. The molecule has 2 N–H and O–H groups in total. The molecule has 0 unspecified atom stereocenters. The molecule has 0 aliphatic rings. The van der Waals surface area contributed by atoms with E-state index in [2.05, 4.69) is 5.10 Å². The fraction of sp³-hybridized carbons (Fsp3) is 0.231. The molecule has 100 valence electrons. The first-order valence-electron chi connectivity index (χ1n) is 5.54. The summed E-state index contributed by atoms with van der Waals surface area (Å²) in [7, 11) is 1.62. The van der Waals surface area contributed by atoms with Crippen LogP contribution in [-0.2, 0) is 13.1 Å². The molecule has 1 aromatic heterocycles. The average Bonchev–Trinajstić information content (AvgIpc) is 2.87. The van der Waals surface area contributed by atoms with Crippen molar-refractivity contribution in [3.63, 3.8) is 0 Å². The summed E-state index contributed by atoms with van der Waals surface area (Å²) in [6.07, 6.45) is 3.56. The predicted molar refractivity (Wildman–Crippen MR) is 75.0 cm³/mol. The second-order valence-electron chi connectivity index (χ2n) is 3.86. The lowest BCUT2D eigenvalue weighted by molar-refractivity contribution is 0.414. The van der Waals surface area contributed by atoms with Gasteiger partial charge in [0.05, 0.1) is 19.4 Å². The highest BCUT2D eigenvalue weighted by molar-refractivity contribution is 5.85. The molecule has 0 atom stereocenters. The van der Waals surface area contributed by atoms with Crippen LogP contribution in [0.1, 0.15) is 5.56 Å². The summed E-state index contributed by atoms with van der Waals surface area (Å²) in [6.45, 7) is 0.699. The number of nitriles is 1. The molecule has 0 fully saturated rings. The van der Waals surface area contributed by atoms with E-state index in [0.29, 0.717) is 6.54 Å². The maximum absolute atomic E-state index is 8.62. The normalized spacial score (nSPS) is 9.53. The number of rotatable bonds is 4. The molecule has 0 saturated heterocycles. The molecule has 2 aromatic rings. The fourth-order valence-electron chi connectivity index (χ4n) is 1.73. The first kappa shape index (κ1) is 15.0. The minimum Gasteiger partial charge on any atom is -0.497 e. The smallest absolute Gasteiger partial charge is 0.128 e. The van der Waals surface area contributed by atoms with Crippen molar-refractivity contribution >= 4 is 12.4 Å². The minimum absolute atomic E-state index is 0. The summed E-state index contributed by atoms with van der Waals surface area (Å²) in [4.78, 5) is 0. The van der Waals surface area contributed by atoms with Crippen LogP contribution in [0.2, 0.25) is 0 Å². The molecule has 1 aromatic carbocycles. The lowest BCUT2D eigenvalue weighted by Gasteiger charge is -2.06. The molecule has 2 rings (SSSR count). The maximum atomic E-state index is 8.62. The van der Waals surface area contributed by atoms with Crippen LogP contribution in [0, 0.1) is 11.3 Å². The van der Waals surface area contributed by atoms with E-state index >= 15 is 0 Å². The third-order valence-electron chi connectivity index (χ3n) is 2.64. The van der Waals surface area contributed by atoms with Crippen molar-refractivity contribution < 1.29 is 4.74 Å². The summed E-state index contributed by atoms with van der Waals surface area (Å²) in [5.74, 6) is 0.765. The highest BCUT2D eigenvalue weighted by atomic mass is 35.5.